The Morgan fingerprint density at radius 1 is 1.13 bits per heavy atom. The van der Waals surface area contributed by atoms with E-state index >= 15 is 4.39 Å². The van der Waals surface area contributed by atoms with E-state index in [-0.39, 0.29) is 40.5 Å². The molecule has 0 radical (unpaired) electrons. The number of carboxylic acid groups (broad SMARTS) is 1. The highest BCUT2D eigenvalue weighted by Gasteiger charge is 2.33. The first-order valence-electron chi connectivity index (χ1n) is 15.1. The second-order valence-electron chi connectivity index (χ2n) is 11.4. The third kappa shape index (κ3) is 7.90. The first kappa shape index (κ1) is 33.9. The Hall–Kier alpha value is -3.47. The fourth-order valence-corrected chi connectivity index (χ4v) is 7.13. The average molecular weight is 670 g/mol. The molecule has 5 rings (SSSR count). The van der Waals surface area contributed by atoms with Gasteiger partial charge >= 0.3 is 12.1 Å². The molecule has 2 atom stereocenters. The normalized spacial score (nSPS) is 19.6. The maximum absolute atomic E-state index is 15.9. The number of benzene rings is 1. The number of alkyl halides is 3. The largest absolute Gasteiger partial charge is 0.481 e. The molecule has 2 fully saturated rings. The molecule has 2 aromatic heterocycles. The van der Waals surface area contributed by atoms with Crippen molar-refractivity contribution >= 4 is 34.1 Å². The van der Waals surface area contributed by atoms with Gasteiger partial charge in [-0.05, 0) is 44.0 Å². The molecule has 0 aliphatic carbocycles. The Morgan fingerprint density at radius 2 is 1.93 bits per heavy atom. The van der Waals surface area contributed by atoms with Crippen LogP contribution in [0.3, 0.4) is 0 Å². The zero-order valence-corrected chi connectivity index (χ0v) is 26.3. The first-order chi connectivity index (χ1) is 22.0. The summed E-state index contributed by atoms with van der Waals surface area (Å²) in [6, 6.07) is 2.46. The Morgan fingerprint density at radius 3 is 2.65 bits per heavy atom. The zero-order chi connectivity index (χ0) is 33.0. The Balaban J connectivity index is 1.43. The molecule has 2 aliphatic rings. The predicted octanol–water partition coefficient (Wildman–Crippen LogP) is 5.63. The van der Waals surface area contributed by atoms with Gasteiger partial charge in [-0.15, -0.1) is 0 Å². The van der Waals surface area contributed by atoms with E-state index in [1.807, 2.05) is 4.90 Å². The fourth-order valence-electron chi connectivity index (χ4n) is 6.12. The van der Waals surface area contributed by atoms with E-state index in [0.717, 1.165) is 49.3 Å². The molecule has 2 N–H and O–H groups in total. The number of nitrogens with zero attached hydrogens (tertiary/aromatic N) is 6. The molecule has 3 aromatic rings. The highest BCUT2D eigenvalue weighted by molar-refractivity contribution is 7.16. The van der Waals surface area contributed by atoms with E-state index in [9.17, 15) is 22.4 Å². The zero-order valence-electron chi connectivity index (χ0n) is 25.5. The highest BCUT2D eigenvalue weighted by atomic mass is 32.1. The topological polar surface area (TPSA) is 107 Å². The summed E-state index contributed by atoms with van der Waals surface area (Å²) in [7, 11) is 1.54. The number of hydrogen-bond donors (Lipinski definition) is 2. The first-order valence-corrected chi connectivity index (χ1v) is 15.9. The predicted molar refractivity (Wildman–Crippen MR) is 163 cm³/mol. The standard InChI is InChI=1S/C30H36F5N7O3S/c1-3-21-5-4-7-41(21)15-23-26(18-11-19(30(33,34)35)13-20(31)12-18)38-29(46-23)39-27-25(32)28(37-17-36-27)42-10-9-40(8-6-24(43)44)22(14-42)16-45-2/h11-13,17,21-22H,3-10,14-16H2,1-2H3,(H,43,44)(H,36,37,38,39)/t21-,22+/m1/s1. The van der Waals surface area contributed by atoms with Gasteiger partial charge in [0.1, 0.15) is 12.1 Å². The van der Waals surface area contributed by atoms with E-state index in [1.165, 1.54) is 13.4 Å². The third-order valence-electron chi connectivity index (χ3n) is 8.39. The van der Waals surface area contributed by atoms with Gasteiger partial charge in [0.15, 0.2) is 16.8 Å². The van der Waals surface area contributed by atoms with E-state index in [1.54, 1.807) is 4.90 Å². The molecular formula is C30H36F5N7O3S. The van der Waals surface area contributed by atoms with E-state index in [0.29, 0.717) is 56.3 Å². The van der Waals surface area contributed by atoms with Gasteiger partial charge in [0, 0.05) is 56.3 Å². The molecule has 2 saturated heterocycles. The summed E-state index contributed by atoms with van der Waals surface area (Å²) in [4.78, 5) is 30.5. The number of aliphatic carboxylic acids is 1. The van der Waals surface area contributed by atoms with Crippen LogP contribution in [0, 0.1) is 11.6 Å². The number of nitrogens with one attached hydrogen (secondary N) is 1. The summed E-state index contributed by atoms with van der Waals surface area (Å²) >= 11 is 1.15. The molecule has 0 spiro atoms. The van der Waals surface area contributed by atoms with Crippen molar-refractivity contribution in [3.8, 4) is 11.3 Å². The van der Waals surface area contributed by atoms with Gasteiger partial charge in [0.25, 0.3) is 0 Å². The second kappa shape index (κ2) is 14.5. The molecule has 0 bridgehead atoms. The molecule has 1 aromatic carbocycles. The number of ether oxygens (including phenoxy) is 1. The molecule has 0 amide bonds. The van der Waals surface area contributed by atoms with Crippen molar-refractivity contribution in [2.24, 2.45) is 0 Å². The van der Waals surface area contributed by atoms with Gasteiger partial charge in [0.05, 0.1) is 30.3 Å². The van der Waals surface area contributed by atoms with Crippen LogP contribution in [0.15, 0.2) is 24.5 Å². The minimum absolute atomic E-state index is 0.0207. The van der Waals surface area contributed by atoms with E-state index in [2.05, 4.69) is 32.1 Å². The lowest BCUT2D eigenvalue weighted by Crippen LogP contribution is -2.55. The van der Waals surface area contributed by atoms with Gasteiger partial charge in [-0.25, -0.2) is 19.3 Å². The van der Waals surface area contributed by atoms with E-state index < -0.39 is 29.3 Å². The van der Waals surface area contributed by atoms with Crippen LogP contribution in [-0.2, 0) is 22.3 Å². The number of carbonyl (C=O) groups is 1. The number of thiazole rings is 1. The molecule has 4 heterocycles. The molecule has 10 nitrogen and oxygen atoms in total. The number of rotatable bonds is 12. The Labute approximate surface area is 267 Å². The summed E-state index contributed by atoms with van der Waals surface area (Å²) in [6.07, 6.45) is -0.674. The fraction of sp³-hybridized carbons (Fsp3) is 0.533. The lowest BCUT2D eigenvalue weighted by molar-refractivity contribution is -0.138. The lowest BCUT2D eigenvalue weighted by Gasteiger charge is -2.41. The quantitative estimate of drug-likeness (QED) is 0.236. The molecule has 0 saturated carbocycles. The summed E-state index contributed by atoms with van der Waals surface area (Å²) in [5.74, 6) is -2.82. The molecule has 46 heavy (non-hydrogen) atoms. The van der Waals surface area contributed by atoms with Gasteiger partial charge in [0.2, 0.25) is 5.82 Å². The summed E-state index contributed by atoms with van der Waals surface area (Å²) in [6.45, 7) is 5.12. The lowest BCUT2D eigenvalue weighted by atomic mass is 10.1. The Kier molecular flexibility index (Phi) is 10.7. The van der Waals surface area contributed by atoms with Crippen LogP contribution in [0.2, 0.25) is 0 Å². The molecular weight excluding hydrogens is 633 g/mol. The number of likely N-dealkylation sites (tertiary alicyclic amines) is 1. The van der Waals surface area contributed by atoms with Crippen molar-refractivity contribution in [2.45, 2.75) is 57.4 Å². The van der Waals surface area contributed by atoms with Gasteiger partial charge in [-0.3, -0.25) is 14.6 Å². The van der Waals surface area contributed by atoms with Crippen molar-refractivity contribution in [2.75, 3.05) is 56.7 Å². The van der Waals surface area contributed by atoms with Crippen LogP contribution in [0.4, 0.5) is 38.7 Å². The number of piperazine rings is 1. The number of aromatic nitrogens is 3. The molecule has 2 aliphatic heterocycles. The van der Waals surface area contributed by atoms with Crippen LogP contribution in [0.5, 0.6) is 0 Å². The van der Waals surface area contributed by atoms with Crippen LogP contribution in [0.25, 0.3) is 11.3 Å². The SMILES string of the molecule is CC[C@@H]1CCCN1Cc1sc(Nc2ncnc(N3CCN(CCC(=O)O)[C@H](COC)C3)c2F)nc1-c1cc(F)cc(C(F)(F)F)c1. The van der Waals surface area contributed by atoms with Gasteiger partial charge in [-0.2, -0.15) is 17.6 Å². The highest BCUT2D eigenvalue weighted by Crippen LogP contribution is 2.39. The maximum atomic E-state index is 15.9. The van der Waals surface area contributed by atoms with Crippen LogP contribution < -0.4 is 10.2 Å². The minimum Gasteiger partial charge on any atom is -0.481 e. The number of anilines is 3. The summed E-state index contributed by atoms with van der Waals surface area (Å²) < 4.78 is 76.4. The van der Waals surface area contributed by atoms with Gasteiger partial charge in [-0.1, -0.05) is 18.3 Å². The third-order valence-corrected chi connectivity index (χ3v) is 9.34. The molecule has 16 heteroatoms. The molecule has 250 valence electrons. The van der Waals surface area contributed by atoms with Crippen LogP contribution in [0.1, 0.15) is 43.0 Å². The summed E-state index contributed by atoms with van der Waals surface area (Å²) in [5, 5.41) is 12.2. The van der Waals surface area contributed by atoms with Crippen molar-refractivity contribution in [3.05, 3.63) is 46.6 Å². The van der Waals surface area contributed by atoms with Crippen LogP contribution >= 0.6 is 11.3 Å². The summed E-state index contributed by atoms with van der Waals surface area (Å²) in [5.41, 5.74) is -0.952. The maximum Gasteiger partial charge on any atom is 0.416 e. The minimum atomic E-state index is -4.75. The van der Waals surface area contributed by atoms with Crippen molar-refractivity contribution < 1.29 is 36.6 Å². The number of hydrogen-bond acceptors (Lipinski definition) is 10. The van der Waals surface area contributed by atoms with Crippen LogP contribution in [-0.4, -0.2) is 94.4 Å². The number of carboxylic acids is 1. The van der Waals surface area contributed by atoms with Gasteiger partial charge < -0.3 is 20.1 Å². The Bertz CT molecular complexity index is 1520. The van der Waals surface area contributed by atoms with Crippen molar-refractivity contribution in [1.82, 2.24) is 24.8 Å². The van der Waals surface area contributed by atoms with Crippen molar-refractivity contribution in [1.29, 1.82) is 0 Å². The number of methoxy groups -OCH3 is 1. The number of halogens is 5. The van der Waals surface area contributed by atoms with E-state index in [4.69, 9.17) is 9.84 Å². The monoisotopic (exact) mass is 669 g/mol. The molecule has 0 unspecified atom stereocenters. The second-order valence-corrected chi connectivity index (χ2v) is 12.5. The van der Waals surface area contributed by atoms with Crippen molar-refractivity contribution in [3.63, 3.8) is 0 Å². The smallest absolute Gasteiger partial charge is 0.416 e. The average Bonchev–Trinajstić information content (AvgIpc) is 3.63.